The summed E-state index contributed by atoms with van der Waals surface area (Å²) in [5.74, 6) is -1.03. The number of hydrogen-bond acceptors (Lipinski definition) is 5. The zero-order valence-corrected chi connectivity index (χ0v) is 15.0. The van der Waals surface area contributed by atoms with Gasteiger partial charge >= 0.3 is 5.97 Å². The molecule has 0 saturated carbocycles. The van der Waals surface area contributed by atoms with Gasteiger partial charge in [0.1, 0.15) is 17.3 Å². The van der Waals surface area contributed by atoms with Crippen molar-refractivity contribution in [2.24, 2.45) is 0 Å². The number of carbonyl (C=O) groups excluding carboxylic acids is 2. The third-order valence-corrected chi connectivity index (χ3v) is 3.77. The Morgan fingerprint density at radius 1 is 1.08 bits per heavy atom. The molecule has 0 saturated heterocycles. The summed E-state index contributed by atoms with van der Waals surface area (Å²) < 4.78 is 29.2. The molecule has 0 aliphatic heterocycles. The van der Waals surface area contributed by atoms with Gasteiger partial charge < -0.3 is 19.5 Å². The normalized spacial score (nSPS) is 11.4. The Bertz CT molecular complexity index is 796. The third kappa shape index (κ3) is 4.30. The molecule has 2 aromatic carbocycles. The van der Waals surface area contributed by atoms with Crippen molar-refractivity contribution in [3.8, 4) is 11.5 Å². The van der Waals surface area contributed by atoms with Crippen LogP contribution in [0.3, 0.4) is 0 Å². The van der Waals surface area contributed by atoms with Gasteiger partial charge in [0.05, 0.1) is 25.5 Å². The van der Waals surface area contributed by atoms with Gasteiger partial charge in [-0.2, -0.15) is 0 Å². The second-order valence-electron chi connectivity index (χ2n) is 5.52. The molecule has 1 atom stereocenters. The smallest absolute Gasteiger partial charge is 0.339 e. The highest BCUT2D eigenvalue weighted by molar-refractivity contribution is 5.97. The summed E-state index contributed by atoms with van der Waals surface area (Å²) in [4.78, 5) is 24.5. The van der Waals surface area contributed by atoms with Gasteiger partial charge in [-0.25, -0.2) is 9.18 Å². The molecule has 0 heterocycles. The molecule has 0 fully saturated rings. The SMILES string of the molecule is COc1cc(C(=O)OC(C)C(=O)Nc2ccccc2F)cc(OC)c1C. The van der Waals surface area contributed by atoms with E-state index in [0.717, 1.165) is 5.56 Å². The van der Waals surface area contributed by atoms with Crippen LogP contribution in [0.4, 0.5) is 10.1 Å². The lowest BCUT2D eigenvalue weighted by atomic mass is 10.1. The molecular formula is C19H20FNO5. The van der Waals surface area contributed by atoms with E-state index in [4.69, 9.17) is 14.2 Å². The number of anilines is 1. The Hall–Kier alpha value is -3.09. The third-order valence-electron chi connectivity index (χ3n) is 3.77. The van der Waals surface area contributed by atoms with Gasteiger partial charge in [0.25, 0.3) is 5.91 Å². The van der Waals surface area contributed by atoms with Crippen LogP contribution in [0.2, 0.25) is 0 Å². The quantitative estimate of drug-likeness (QED) is 0.799. The first-order valence-corrected chi connectivity index (χ1v) is 7.86. The van der Waals surface area contributed by atoms with Crippen molar-refractivity contribution in [2.75, 3.05) is 19.5 Å². The van der Waals surface area contributed by atoms with E-state index in [1.165, 1.54) is 51.5 Å². The number of carbonyl (C=O) groups is 2. The van der Waals surface area contributed by atoms with Crippen molar-refractivity contribution in [1.82, 2.24) is 0 Å². The number of ether oxygens (including phenoxy) is 3. The fraction of sp³-hybridized carbons (Fsp3) is 0.263. The van der Waals surface area contributed by atoms with Crippen LogP contribution in [0.25, 0.3) is 0 Å². The fourth-order valence-corrected chi connectivity index (χ4v) is 2.28. The minimum atomic E-state index is -1.12. The van der Waals surface area contributed by atoms with Crippen LogP contribution in [0.1, 0.15) is 22.8 Å². The summed E-state index contributed by atoms with van der Waals surface area (Å²) in [6.07, 6.45) is -1.12. The van der Waals surface area contributed by atoms with Crippen LogP contribution in [0.5, 0.6) is 11.5 Å². The van der Waals surface area contributed by atoms with Gasteiger partial charge in [0.2, 0.25) is 0 Å². The van der Waals surface area contributed by atoms with Crippen LogP contribution in [-0.4, -0.2) is 32.2 Å². The Morgan fingerprint density at radius 2 is 1.65 bits per heavy atom. The zero-order chi connectivity index (χ0) is 19.3. The van der Waals surface area contributed by atoms with E-state index >= 15 is 0 Å². The van der Waals surface area contributed by atoms with Crippen LogP contribution in [-0.2, 0) is 9.53 Å². The number of rotatable bonds is 6. The van der Waals surface area contributed by atoms with E-state index in [-0.39, 0.29) is 11.3 Å². The molecule has 26 heavy (non-hydrogen) atoms. The maximum absolute atomic E-state index is 13.6. The topological polar surface area (TPSA) is 73.9 Å². The molecule has 1 unspecified atom stereocenters. The van der Waals surface area contributed by atoms with Crippen molar-refractivity contribution >= 4 is 17.6 Å². The Morgan fingerprint density at radius 3 is 2.19 bits per heavy atom. The van der Waals surface area contributed by atoms with E-state index in [0.29, 0.717) is 11.5 Å². The molecule has 1 N–H and O–H groups in total. The number of esters is 1. The van der Waals surface area contributed by atoms with Gasteiger partial charge in [0.15, 0.2) is 6.10 Å². The molecule has 0 bridgehead atoms. The highest BCUT2D eigenvalue weighted by atomic mass is 19.1. The number of hydrogen-bond donors (Lipinski definition) is 1. The molecular weight excluding hydrogens is 341 g/mol. The molecule has 0 spiro atoms. The number of benzene rings is 2. The lowest BCUT2D eigenvalue weighted by molar-refractivity contribution is -0.123. The lowest BCUT2D eigenvalue weighted by Gasteiger charge is -2.15. The molecule has 1 amide bonds. The number of para-hydroxylation sites is 1. The molecule has 0 aromatic heterocycles. The summed E-state index contributed by atoms with van der Waals surface area (Å²) in [7, 11) is 2.95. The largest absolute Gasteiger partial charge is 0.496 e. The van der Waals surface area contributed by atoms with Crippen molar-refractivity contribution in [3.05, 3.63) is 53.3 Å². The fourth-order valence-electron chi connectivity index (χ4n) is 2.28. The number of halogens is 1. The summed E-state index contributed by atoms with van der Waals surface area (Å²) in [6, 6.07) is 8.73. The average molecular weight is 361 g/mol. The minimum Gasteiger partial charge on any atom is -0.496 e. The number of amides is 1. The van der Waals surface area contributed by atoms with Crippen molar-refractivity contribution in [3.63, 3.8) is 0 Å². The Balaban J connectivity index is 2.11. The van der Waals surface area contributed by atoms with E-state index in [1.807, 2.05) is 0 Å². The molecule has 138 valence electrons. The molecule has 2 rings (SSSR count). The first-order chi connectivity index (χ1) is 12.4. The molecule has 0 aliphatic carbocycles. The molecule has 0 radical (unpaired) electrons. The maximum atomic E-state index is 13.6. The lowest BCUT2D eigenvalue weighted by Crippen LogP contribution is -2.30. The highest BCUT2D eigenvalue weighted by Crippen LogP contribution is 2.29. The van der Waals surface area contributed by atoms with Gasteiger partial charge in [-0.3, -0.25) is 4.79 Å². The van der Waals surface area contributed by atoms with Crippen LogP contribution < -0.4 is 14.8 Å². The summed E-state index contributed by atoms with van der Waals surface area (Å²) in [5.41, 5.74) is 0.922. The van der Waals surface area contributed by atoms with Gasteiger partial charge in [0, 0.05) is 5.56 Å². The van der Waals surface area contributed by atoms with Gasteiger partial charge in [-0.1, -0.05) is 12.1 Å². The number of methoxy groups -OCH3 is 2. The predicted molar refractivity (Wildman–Crippen MR) is 94.2 cm³/mol. The summed E-state index contributed by atoms with van der Waals surface area (Å²) in [5, 5.41) is 2.38. The summed E-state index contributed by atoms with van der Waals surface area (Å²) >= 11 is 0. The van der Waals surface area contributed by atoms with Crippen molar-refractivity contribution < 1.29 is 28.2 Å². The molecule has 0 aliphatic rings. The van der Waals surface area contributed by atoms with E-state index in [2.05, 4.69) is 5.32 Å². The average Bonchev–Trinajstić information content (AvgIpc) is 2.63. The van der Waals surface area contributed by atoms with Gasteiger partial charge in [-0.15, -0.1) is 0 Å². The predicted octanol–water partition coefficient (Wildman–Crippen LogP) is 3.34. The molecule has 7 heteroatoms. The van der Waals surface area contributed by atoms with Crippen LogP contribution >= 0.6 is 0 Å². The van der Waals surface area contributed by atoms with Gasteiger partial charge in [-0.05, 0) is 38.1 Å². The van der Waals surface area contributed by atoms with E-state index < -0.39 is 23.8 Å². The van der Waals surface area contributed by atoms with Crippen LogP contribution in [0.15, 0.2) is 36.4 Å². The first-order valence-electron chi connectivity index (χ1n) is 7.86. The van der Waals surface area contributed by atoms with E-state index in [9.17, 15) is 14.0 Å². The Labute approximate surface area is 150 Å². The first kappa shape index (κ1) is 19.2. The van der Waals surface area contributed by atoms with Crippen molar-refractivity contribution in [2.45, 2.75) is 20.0 Å². The second kappa shape index (κ2) is 8.33. The standard InChI is InChI=1S/C19H20FNO5/c1-11-16(24-3)9-13(10-17(11)25-4)19(23)26-12(2)18(22)21-15-8-6-5-7-14(15)20/h5-10,12H,1-4H3,(H,21,22). The second-order valence-corrected chi connectivity index (χ2v) is 5.52. The molecule has 2 aromatic rings. The maximum Gasteiger partial charge on any atom is 0.339 e. The number of nitrogens with one attached hydrogen (secondary N) is 1. The summed E-state index contributed by atoms with van der Waals surface area (Å²) in [6.45, 7) is 3.19. The van der Waals surface area contributed by atoms with E-state index in [1.54, 1.807) is 13.0 Å². The molecule has 6 nitrogen and oxygen atoms in total. The Kier molecular flexibility index (Phi) is 6.16. The van der Waals surface area contributed by atoms with Crippen molar-refractivity contribution in [1.29, 1.82) is 0 Å². The van der Waals surface area contributed by atoms with Crippen LogP contribution in [0, 0.1) is 12.7 Å². The monoisotopic (exact) mass is 361 g/mol. The highest BCUT2D eigenvalue weighted by Gasteiger charge is 2.21. The minimum absolute atomic E-state index is 0.0130. The zero-order valence-electron chi connectivity index (χ0n) is 15.0.